The molecule has 1 N–H and O–H groups in total. The molecule has 4 nitrogen and oxygen atoms in total. The molecule has 1 aromatic heterocycles. The first kappa shape index (κ1) is 20.9. The van der Waals surface area contributed by atoms with E-state index in [0.717, 1.165) is 12.1 Å². The van der Waals surface area contributed by atoms with E-state index < -0.39 is 41.5 Å². The van der Waals surface area contributed by atoms with Crippen molar-refractivity contribution in [3.63, 3.8) is 0 Å². The molecule has 29 heavy (non-hydrogen) atoms. The Hall–Kier alpha value is -2.80. The Morgan fingerprint density at radius 3 is 2.52 bits per heavy atom. The van der Waals surface area contributed by atoms with Crippen molar-refractivity contribution < 1.29 is 31.1 Å². The lowest BCUT2D eigenvalue weighted by Crippen LogP contribution is -2.44. The van der Waals surface area contributed by atoms with Crippen molar-refractivity contribution in [1.82, 2.24) is 10.3 Å². The second-order valence-corrected chi connectivity index (χ2v) is 6.64. The van der Waals surface area contributed by atoms with Crippen molar-refractivity contribution in [3.05, 3.63) is 59.4 Å². The summed E-state index contributed by atoms with van der Waals surface area (Å²) in [7, 11) is 0. The number of hydrogen-bond donors (Lipinski definition) is 1. The standard InChI is InChI=1S/C19H15F6N3O/c20-18(21,22)16-6-11(3-4-12(16)8-26)15-7-13(28-17(15)19(23,24)25)10-29-14-2-1-5-27-9-14/h1-6,9,13,15,17,28H,7,10H2/t13-,15?,17+/m0/s1. The molecular formula is C19H15F6N3O. The number of ether oxygens (including phenoxy) is 1. The number of halogens is 6. The summed E-state index contributed by atoms with van der Waals surface area (Å²) < 4.78 is 85.6. The predicted molar refractivity (Wildman–Crippen MR) is 90.0 cm³/mol. The van der Waals surface area contributed by atoms with Gasteiger partial charge in [-0.25, -0.2) is 0 Å². The van der Waals surface area contributed by atoms with E-state index in [1.807, 2.05) is 0 Å². The number of aromatic nitrogens is 1. The fourth-order valence-corrected chi connectivity index (χ4v) is 3.40. The van der Waals surface area contributed by atoms with E-state index >= 15 is 0 Å². The molecule has 0 bridgehead atoms. The highest BCUT2D eigenvalue weighted by Gasteiger charge is 2.51. The quantitative estimate of drug-likeness (QED) is 0.751. The van der Waals surface area contributed by atoms with Gasteiger partial charge in [-0.15, -0.1) is 0 Å². The topological polar surface area (TPSA) is 57.9 Å². The molecule has 2 heterocycles. The molecule has 10 heteroatoms. The molecule has 0 saturated carbocycles. The monoisotopic (exact) mass is 415 g/mol. The van der Waals surface area contributed by atoms with Crippen LogP contribution in [-0.4, -0.2) is 29.9 Å². The predicted octanol–water partition coefficient (Wildman–Crippen LogP) is 4.43. The lowest BCUT2D eigenvalue weighted by molar-refractivity contribution is -0.156. The maximum atomic E-state index is 13.5. The fraction of sp³-hybridized carbons (Fsp3) is 0.368. The van der Waals surface area contributed by atoms with E-state index in [2.05, 4.69) is 10.3 Å². The van der Waals surface area contributed by atoms with Crippen LogP contribution in [0.25, 0.3) is 0 Å². The van der Waals surface area contributed by atoms with E-state index in [0.29, 0.717) is 11.8 Å². The normalized spacial score (nSPS) is 22.3. The zero-order valence-corrected chi connectivity index (χ0v) is 14.8. The van der Waals surface area contributed by atoms with Crippen LogP contribution in [0.3, 0.4) is 0 Å². The average Bonchev–Trinajstić information content (AvgIpc) is 3.11. The highest BCUT2D eigenvalue weighted by molar-refractivity contribution is 5.43. The summed E-state index contributed by atoms with van der Waals surface area (Å²) in [5, 5.41) is 11.3. The van der Waals surface area contributed by atoms with Gasteiger partial charge in [-0.1, -0.05) is 6.07 Å². The molecule has 1 fully saturated rings. The lowest BCUT2D eigenvalue weighted by Gasteiger charge is -2.23. The first-order valence-corrected chi connectivity index (χ1v) is 8.56. The number of alkyl halides is 6. The van der Waals surface area contributed by atoms with Crippen LogP contribution in [-0.2, 0) is 6.18 Å². The van der Waals surface area contributed by atoms with Crippen LogP contribution in [0.5, 0.6) is 5.75 Å². The van der Waals surface area contributed by atoms with Crippen molar-refractivity contribution in [2.45, 2.75) is 36.8 Å². The SMILES string of the molecule is N#Cc1ccc(C2C[C@@H](COc3cccnc3)N[C@H]2C(F)(F)F)cc1C(F)(F)F. The Balaban J connectivity index is 1.85. The van der Waals surface area contributed by atoms with E-state index in [1.165, 1.54) is 18.5 Å². The van der Waals surface area contributed by atoms with E-state index in [1.54, 1.807) is 12.1 Å². The number of rotatable bonds is 4. The van der Waals surface area contributed by atoms with E-state index in [9.17, 15) is 26.3 Å². The van der Waals surface area contributed by atoms with Crippen molar-refractivity contribution in [2.24, 2.45) is 0 Å². The maximum absolute atomic E-state index is 13.5. The van der Waals surface area contributed by atoms with Gasteiger partial charge in [0.1, 0.15) is 18.4 Å². The van der Waals surface area contributed by atoms with E-state index in [4.69, 9.17) is 10.00 Å². The molecule has 0 spiro atoms. The Kier molecular flexibility index (Phi) is 5.71. The summed E-state index contributed by atoms with van der Waals surface area (Å²) in [5.41, 5.74) is -2.00. The van der Waals surface area contributed by atoms with Gasteiger partial charge >= 0.3 is 12.4 Å². The minimum Gasteiger partial charge on any atom is -0.490 e. The summed E-state index contributed by atoms with van der Waals surface area (Å²) in [6.07, 6.45) is -6.67. The molecule has 154 valence electrons. The molecule has 3 atom stereocenters. The molecule has 1 aliphatic rings. The van der Waals surface area contributed by atoms with Gasteiger partial charge in [-0.2, -0.15) is 31.6 Å². The second kappa shape index (κ2) is 7.91. The zero-order valence-electron chi connectivity index (χ0n) is 14.8. The van der Waals surface area contributed by atoms with Crippen LogP contribution in [0, 0.1) is 11.3 Å². The first-order chi connectivity index (χ1) is 13.6. The third-order valence-corrected chi connectivity index (χ3v) is 4.69. The van der Waals surface area contributed by atoms with Crippen molar-refractivity contribution >= 4 is 0 Å². The lowest BCUT2D eigenvalue weighted by atomic mass is 9.88. The number of nitrogens with zero attached hydrogens (tertiary/aromatic N) is 2. The molecule has 0 amide bonds. The largest absolute Gasteiger partial charge is 0.490 e. The van der Waals surface area contributed by atoms with Gasteiger partial charge < -0.3 is 4.74 Å². The summed E-state index contributed by atoms with van der Waals surface area (Å²) in [4.78, 5) is 3.84. The molecule has 2 aromatic rings. The van der Waals surface area contributed by atoms with Gasteiger partial charge in [0, 0.05) is 18.2 Å². The third-order valence-electron chi connectivity index (χ3n) is 4.69. The van der Waals surface area contributed by atoms with Crippen LogP contribution in [0.15, 0.2) is 42.7 Å². The van der Waals surface area contributed by atoms with Crippen molar-refractivity contribution in [1.29, 1.82) is 5.26 Å². The zero-order chi connectivity index (χ0) is 21.2. The van der Waals surface area contributed by atoms with Gasteiger partial charge in [-0.3, -0.25) is 10.3 Å². The average molecular weight is 415 g/mol. The van der Waals surface area contributed by atoms with Gasteiger partial charge in [0.25, 0.3) is 0 Å². The van der Waals surface area contributed by atoms with E-state index in [-0.39, 0.29) is 18.6 Å². The number of hydrogen-bond acceptors (Lipinski definition) is 4. The minimum absolute atomic E-state index is 0.0758. The molecular weight excluding hydrogens is 400 g/mol. The second-order valence-electron chi connectivity index (χ2n) is 6.64. The molecule has 1 saturated heterocycles. The molecule has 1 aliphatic heterocycles. The number of pyridine rings is 1. The number of benzene rings is 1. The summed E-state index contributed by atoms with van der Waals surface area (Å²) in [6, 6.07) is 4.55. The summed E-state index contributed by atoms with van der Waals surface area (Å²) in [6.45, 7) is -0.100. The third kappa shape index (κ3) is 4.79. The van der Waals surface area contributed by atoms with Crippen LogP contribution in [0.2, 0.25) is 0 Å². The smallest absolute Gasteiger partial charge is 0.417 e. The van der Waals surface area contributed by atoms with Crippen molar-refractivity contribution in [3.8, 4) is 11.8 Å². The highest BCUT2D eigenvalue weighted by Crippen LogP contribution is 2.42. The highest BCUT2D eigenvalue weighted by atomic mass is 19.4. The van der Waals surface area contributed by atoms with Gasteiger partial charge in [0.15, 0.2) is 0 Å². The Morgan fingerprint density at radius 1 is 1.17 bits per heavy atom. The molecule has 0 aliphatic carbocycles. The molecule has 1 aromatic carbocycles. The van der Waals surface area contributed by atoms with Crippen LogP contribution in [0.4, 0.5) is 26.3 Å². The summed E-state index contributed by atoms with van der Waals surface area (Å²) in [5.74, 6) is -0.870. The van der Waals surface area contributed by atoms with Crippen LogP contribution >= 0.6 is 0 Å². The maximum Gasteiger partial charge on any atom is 0.417 e. The Labute approximate surface area is 162 Å². The van der Waals surface area contributed by atoms with Crippen molar-refractivity contribution in [2.75, 3.05) is 6.61 Å². The van der Waals surface area contributed by atoms with Gasteiger partial charge in [-0.05, 0) is 36.2 Å². The fourth-order valence-electron chi connectivity index (χ4n) is 3.40. The minimum atomic E-state index is -4.84. The number of nitrogens with one attached hydrogen (secondary N) is 1. The van der Waals surface area contributed by atoms with Crippen LogP contribution < -0.4 is 10.1 Å². The molecule has 0 radical (unpaired) electrons. The Bertz CT molecular complexity index is 892. The molecule has 3 rings (SSSR count). The molecule has 1 unspecified atom stereocenters. The number of nitriles is 1. The Morgan fingerprint density at radius 2 is 1.93 bits per heavy atom. The van der Waals surface area contributed by atoms with Crippen LogP contribution in [0.1, 0.15) is 29.0 Å². The summed E-state index contributed by atoms with van der Waals surface area (Å²) >= 11 is 0. The van der Waals surface area contributed by atoms with Gasteiger partial charge in [0.05, 0.1) is 23.4 Å². The first-order valence-electron chi connectivity index (χ1n) is 8.56. The van der Waals surface area contributed by atoms with Gasteiger partial charge in [0.2, 0.25) is 0 Å².